The van der Waals surface area contributed by atoms with Crippen molar-refractivity contribution >= 4 is 6.29 Å². The summed E-state index contributed by atoms with van der Waals surface area (Å²) in [6.45, 7) is 2.15. The largest absolute Gasteiger partial charge is 0.303 e. The van der Waals surface area contributed by atoms with Crippen molar-refractivity contribution in [1.29, 1.82) is 0 Å². The van der Waals surface area contributed by atoms with Gasteiger partial charge in [0.25, 0.3) is 0 Å². The second-order valence-corrected chi connectivity index (χ2v) is 2.22. The molecule has 0 fully saturated rings. The number of unbranched alkanes of at least 4 members (excludes halogenated alkanes) is 3. The van der Waals surface area contributed by atoms with Crippen LogP contribution in [-0.2, 0) is 4.79 Å². The molecule has 0 saturated heterocycles. The average Bonchev–Trinajstić information content (AvgIpc) is 1.98. The van der Waals surface area contributed by atoms with Gasteiger partial charge in [-0.1, -0.05) is 32.6 Å². The van der Waals surface area contributed by atoms with Gasteiger partial charge in [0, 0.05) is 7.77 Å². The van der Waals surface area contributed by atoms with Crippen molar-refractivity contribution in [3.8, 4) is 0 Å². The van der Waals surface area contributed by atoms with E-state index in [0.717, 1.165) is 12.8 Å². The van der Waals surface area contributed by atoms with Crippen LogP contribution in [0.1, 0.15) is 46.8 Å². The van der Waals surface area contributed by atoms with Crippen LogP contribution in [-0.4, -0.2) is 6.29 Å². The molecule has 0 aliphatic carbocycles. The summed E-state index contributed by atoms with van der Waals surface area (Å²) < 4.78 is 7.09. The summed E-state index contributed by atoms with van der Waals surface area (Å²) in [5.74, 6) is 0. The summed E-state index contributed by atoms with van der Waals surface area (Å²) in [6, 6.07) is 0. The minimum atomic E-state index is -0.475. The van der Waals surface area contributed by atoms with Gasteiger partial charge in [-0.15, -0.1) is 0 Å². The molecule has 0 aliphatic heterocycles. The van der Waals surface area contributed by atoms with Crippen molar-refractivity contribution in [3.63, 3.8) is 0 Å². The molecule has 0 aromatic carbocycles. The number of hydrogen-bond acceptors (Lipinski definition) is 1. The Labute approximate surface area is 58.9 Å². The Morgan fingerprint density at radius 1 is 1.33 bits per heavy atom. The fourth-order valence-corrected chi connectivity index (χ4v) is 0.757. The molecule has 0 bridgehead atoms. The monoisotopic (exact) mass is 129 g/mol. The van der Waals surface area contributed by atoms with Crippen LogP contribution in [0.4, 0.5) is 0 Å². The van der Waals surface area contributed by atoms with Gasteiger partial charge in [0.15, 0.2) is 0 Å². The van der Waals surface area contributed by atoms with E-state index in [1.807, 2.05) is 0 Å². The molecule has 0 spiro atoms. The molecule has 1 nitrogen and oxygen atoms in total. The van der Waals surface area contributed by atoms with Crippen molar-refractivity contribution in [3.05, 3.63) is 0 Å². The van der Waals surface area contributed by atoms with E-state index in [0.29, 0.717) is 6.29 Å². The summed E-state index contributed by atoms with van der Waals surface area (Å²) >= 11 is 0. The third-order valence-corrected chi connectivity index (χ3v) is 1.32. The molecule has 0 N–H and O–H groups in total. The molecule has 9 heavy (non-hydrogen) atoms. The Balaban J connectivity index is 2.95. The van der Waals surface area contributed by atoms with Crippen molar-refractivity contribution in [2.24, 2.45) is 0 Å². The van der Waals surface area contributed by atoms with Crippen LogP contribution in [0.3, 0.4) is 0 Å². The molecule has 1 unspecified atom stereocenters. The van der Waals surface area contributed by atoms with Crippen molar-refractivity contribution in [1.82, 2.24) is 0 Å². The molecule has 0 aromatic heterocycles. The minimum absolute atomic E-state index is 0.475. The highest BCUT2D eigenvalue weighted by molar-refractivity contribution is 5.48. The van der Waals surface area contributed by atoms with E-state index in [1.54, 1.807) is 0 Å². The molecule has 0 radical (unpaired) electrons. The van der Waals surface area contributed by atoms with Crippen LogP contribution < -0.4 is 0 Å². The number of hydrogen-bond donors (Lipinski definition) is 0. The average molecular weight is 129 g/mol. The molecule has 0 amide bonds. The highest BCUT2D eigenvalue weighted by atomic mass is 16.1. The van der Waals surface area contributed by atoms with Gasteiger partial charge in [0.2, 0.25) is 0 Å². The summed E-state index contributed by atoms with van der Waals surface area (Å²) in [6.07, 6.45) is 5.61. The minimum Gasteiger partial charge on any atom is -0.303 e. The van der Waals surface area contributed by atoms with Gasteiger partial charge in [-0.2, -0.15) is 0 Å². The van der Waals surface area contributed by atoms with Crippen molar-refractivity contribution in [2.75, 3.05) is 0 Å². The quantitative estimate of drug-likeness (QED) is 0.398. The van der Waals surface area contributed by atoms with Crippen LogP contribution in [0, 0.1) is 0 Å². The molecule has 0 rings (SSSR count). The Hall–Kier alpha value is -0.330. The van der Waals surface area contributed by atoms with Crippen molar-refractivity contribution < 1.29 is 6.17 Å². The second kappa shape index (κ2) is 7.67. The van der Waals surface area contributed by atoms with Gasteiger partial charge in [0.1, 0.15) is 6.29 Å². The Morgan fingerprint density at radius 2 is 2.00 bits per heavy atom. The first-order valence-corrected chi connectivity index (χ1v) is 3.68. The summed E-state index contributed by atoms with van der Waals surface area (Å²) in [7, 11) is 0. The predicted molar refractivity (Wildman–Crippen MR) is 39.4 cm³/mol. The van der Waals surface area contributed by atoms with Gasteiger partial charge in [0.05, 0.1) is 0 Å². The fourth-order valence-electron chi connectivity index (χ4n) is 0.757. The van der Waals surface area contributed by atoms with Crippen LogP contribution >= 0.6 is 0 Å². The maximum atomic E-state index is 9.98. The molecule has 54 valence electrons. The fraction of sp³-hybridized carbons (Fsp3) is 0.875. The normalized spacial score (nSPS) is 14.6. The van der Waals surface area contributed by atoms with E-state index in [1.165, 1.54) is 19.3 Å². The van der Waals surface area contributed by atoms with Crippen LogP contribution in [0.2, 0.25) is 0 Å². The first-order valence-electron chi connectivity index (χ1n) is 4.26. The van der Waals surface area contributed by atoms with E-state index in [-0.39, 0.29) is 0 Å². The standard InChI is InChI=1S/C8H16O/c1-2-3-4-5-6-7-8-9/h8H,2-7H2,1H3/i7D. The van der Waals surface area contributed by atoms with E-state index in [4.69, 9.17) is 1.37 Å². The molecule has 0 aromatic rings. The zero-order valence-corrected chi connectivity index (χ0v) is 6.10. The zero-order chi connectivity index (χ0) is 7.82. The Morgan fingerprint density at radius 3 is 2.56 bits per heavy atom. The number of aldehydes is 1. The highest BCUT2D eigenvalue weighted by Crippen LogP contribution is 2.02. The maximum absolute atomic E-state index is 9.98. The molecule has 0 aliphatic rings. The lowest BCUT2D eigenvalue weighted by atomic mass is 10.1. The smallest absolute Gasteiger partial charge is 0.119 e. The Kier molecular flexibility index (Phi) is 5.78. The van der Waals surface area contributed by atoms with Crippen LogP contribution in [0.15, 0.2) is 0 Å². The molecule has 0 saturated carbocycles. The third-order valence-electron chi connectivity index (χ3n) is 1.32. The van der Waals surface area contributed by atoms with E-state index >= 15 is 0 Å². The predicted octanol–water partition coefficient (Wildman–Crippen LogP) is 2.55. The maximum Gasteiger partial charge on any atom is 0.119 e. The lowest BCUT2D eigenvalue weighted by Gasteiger charge is -1.93. The zero-order valence-electron chi connectivity index (χ0n) is 7.10. The topological polar surface area (TPSA) is 17.1 Å². The molecular formula is C8H16O. The Bertz CT molecular complexity index is 83.3. The van der Waals surface area contributed by atoms with E-state index in [2.05, 4.69) is 6.92 Å². The first kappa shape index (κ1) is 6.79. The molecule has 1 heteroatoms. The summed E-state index contributed by atoms with van der Waals surface area (Å²) in [4.78, 5) is 9.98. The lowest BCUT2D eigenvalue weighted by Crippen LogP contribution is -1.78. The van der Waals surface area contributed by atoms with Crippen LogP contribution in [0.25, 0.3) is 0 Å². The SMILES string of the molecule is [2H]C(C=O)CCCCCC. The number of carbonyl (C=O) groups excluding carboxylic acids is 1. The van der Waals surface area contributed by atoms with Gasteiger partial charge in [-0.05, 0) is 6.42 Å². The lowest BCUT2D eigenvalue weighted by molar-refractivity contribution is -0.107. The molecule has 0 heterocycles. The van der Waals surface area contributed by atoms with Gasteiger partial charge in [-0.3, -0.25) is 0 Å². The van der Waals surface area contributed by atoms with Crippen molar-refractivity contribution in [2.45, 2.75) is 45.4 Å². The highest BCUT2D eigenvalue weighted by Gasteiger charge is 1.85. The van der Waals surface area contributed by atoms with E-state index < -0.39 is 6.40 Å². The van der Waals surface area contributed by atoms with Gasteiger partial charge in [-0.25, -0.2) is 0 Å². The molecule has 1 atom stereocenters. The summed E-state index contributed by atoms with van der Waals surface area (Å²) in [5.41, 5.74) is 0. The second-order valence-electron chi connectivity index (χ2n) is 2.22. The number of carbonyl (C=O) groups is 1. The third kappa shape index (κ3) is 7.67. The van der Waals surface area contributed by atoms with Crippen LogP contribution in [0.5, 0.6) is 0 Å². The molecular weight excluding hydrogens is 112 g/mol. The van der Waals surface area contributed by atoms with Gasteiger partial charge < -0.3 is 4.79 Å². The van der Waals surface area contributed by atoms with E-state index in [9.17, 15) is 4.79 Å². The number of rotatable bonds is 6. The van der Waals surface area contributed by atoms with Gasteiger partial charge >= 0.3 is 0 Å². The summed E-state index contributed by atoms with van der Waals surface area (Å²) in [5, 5.41) is 0. The first-order chi connectivity index (χ1) is 4.81.